The average Bonchev–Trinajstić information content (AvgIpc) is 2.39. The van der Waals surface area contributed by atoms with Gasteiger partial charge in [0.2, 0.25) is 0 Å². The van der Waals surface area contributed by atoms with Gasteiger partial charge in [-0.25, -0.2) is 4.39 Å². The van der Waals surface area contributed by atoms with Crippen LogP contribution in [-0.4, -0.2) is 35.6 Å². The van der Waals surface area contributed by atoms with E-state index in [4.69, 9.17) is 0 Å². The Morgan fingerprint density at radius 2 is 2.39 bits per heavy atom. The van der Waals surface area contributed by atoms with Crippen LogP contribution in [0.5, 0.6) is 0 Å². The molecule has 1 saturated heterocycles. The van der Waals surface area contributed by atoms with Crippen LogP contribution in [-0.2, 0) is 6.54 Å². The lowest BCUT2D eigenvalue weighted by molar-refractivity contribution is 0.157. The number of rotatable bonds is 5. The van der Waals surface area contributed by atoms with Crippen LogP contribution in [0.25, 0.3) is 0 Å². The average molecular weight is 251 g/mol. The zero-order valence-corrected chi connectivity index (χ0v) is 11.0. The first-order chi connectivity index (χ1) is 8.79. The lowest BCUT2D eigenvalue weighted by Gasteiger charge is -2.34. The molecule has 1 fully saturated rings. The molecular weight excluding hydrogens is 229 g/mol. The Bertz CT molecular complexity index is 364. The summed E-state index contributed by atoms with van der Waals surface area (Å²) in [5.74, 6) is -0.245. The highest BCUT2D eigenvalue weighted by molar-refractivity contribution is 5.10. The third-order valence-electron chi connectivity index (χ3n) is 3.45. The van der Waals surface area contributed by atoms with Gasteiger partial charge in [-0.3, -0.25) is 9.88 Å². The van der Waals surface area contributed by atoms with Crippen LogP contribution in [0.15, 0.2) is 18.5 Å². The molecule has 4 heteroatoms. The topological polar surface area (TPSA) is 28.2 Å². The second kappa shape index (κ2) is 6.81. The molecule has 1 aliphatic heterocycles. The fraction of sp³-hybridized carbons (Fsp3) is 0.643. The minimum absolute atomic E-state index is 0.245. The predicted molar refractivity (Wildman–Crippen MR) is 70.8 cm³/mol. The number of hydrogen-bond donors (Lipinski definition) is 1. The quantitative estimate of drug-likeness (QED) is 0.869. The molecule has 2 heterocycles. The molecule has 3 nitrogen and oxygen atoms in total. The Morgan fingerprint density at radius 1 is 1.50 bits per heavy atom. The Morgan fingerprint density at radius 3 is 3.06 bits per heavy atom. The number of piperidine rings is 1. The van der Waals surface area contributed by atoms with E-state index in [-0.39, 0.29) is 5.82 Å². The van der Waals surface area contributed by atoms with Gasteiger partial charge in [-0.1, -0.05) is 6.92 Å². The van der Waals surface area contributed by atoms with E-state index in [2.05, 4.69) is 22.1 Å². The van der Waals surface area contributed by atoms with Crippen molar-refractivity contribution in [2.24, 2.45) is 0 Å². The fourth-order valence-corrected chi connectivity index (χ4v) is 2.60. The molecule has 1 unspecified atom stereocenters. The van der Waals surface area contributed by atoms with Crippen LogP contribution in [0.3, 0.4) is 0 Å². The van der Waals surface area contributed by atoms with Gasteiger partial charge in [0.25, 0.3) is 0 Å². The predicted octanol–water partition coefficient (Wildman–Crippen LogP) is 2.18. The molecule has 18 heavy (non-hydrogen) atoms. The molecule has 1 N–H and O–H groups in total. The summed E-state index contributed by atoms with van der Waals surface area (Å²) >= 11 is 0. The Kier molecular flexibility index (Phi) is 5.08. The monoisotopic (exact) mass is 251 g/mol. The normalized spacial score (nSPS) is 20.3. The van der Waals surface area contributed by atoms with Crippen molar-refractivity contribution in [2.75, 3.05) is 19.6 Å². The summed E-state index contributed by atoms with van der Waals surface area (Å²) < 4.78 is 13.2. The first kappa shape index (κ1) is 13.4. The highest BCUT2D eigenvalue weighted by Crippen LogP contribution is 2.15. The largest absolute Gasteiger partial charge is 0.315 e. The lowest BCUT2D eigenvalue weighted by Crippen LogP contribution is -2.45. The molecule has 0 amide bonds. The Balaban J connectivity index is 2.00. The molecular formula is C14H22FN3. The molecule has 0 aliphatic carbocycles. The van der Waals surface area contributed by atoms with E-state index >= 15 is 0 Å². The zero-order valence-electron chi connectivity index (χ0n) is 11.0. The van der Waals surface area contributed by atoms with Gasteiger partial charge in [0.15, 0.2) is 0 Å². The third-order valence-corrected chi connectivity index (χ3v) is 3.45. The molecule has 1 atom stereocenters. The fourth-order valence-electron chi connectivity index (χ4n) is 2.60. The minimum atomic E-state index is -0.245. The maximum Gasteiger partial charge on any atom is 0.141 e. The number of nitrogens with zero attached hydrogens (tertiary/aromatic N) is 2. The first-order valence-corrected chi connectivity index (χ1v) is 6.83. The van der Waals surface area contributed by atoms with Crippen LogP contribution in [0.4, 0.5) is 4.39 Å². The lowest BCUT2D eigenvalue weighted by atomic mass is 10.0. The smallest absolute Gasteiger partial charge is 0.141 e. The summed E-state index contributed by atoms with van der Waals surface area (Å²) in [6.07, 6.45) is 6.61. The summed E-state index contributed by atoms with van der Waals surface area (Å²) in [6.45, 7) is 6.21. The van der Waals surface area contributed by atoms with Crippen molar-refractivity contribution in [3.8, 4) is 0 Å². The van der Waals surface area contributed by atoms with Gasteiger partial charge in [0.1, 0.15) is 5.82 Å². The van der Waals surface area contributed by atoms with E-state index in [0.29, 0.717) is 6.04 Å². The van der Waals surface area contributed by atoms with Crippen molar-refractivity contribution < 1.29 is 4.39 Å². The van der Waals surface area contributed by atoms with Gasteiger partial charge in [0, 0.05) is 25.3 Å². The second-order valence-electron chi connectivity index (χ2n) is 4.98. The van der Waals surface area contributed by atoms with Crippen molar-refractivity contribution in [3.05, 3.63) is 29.8 Å². The SMILES string of the molecule is CCCN(Cc1cncc(F)c1)C1CCCNC1. The van der Waals surface area contributed by atoms with E-state index < -0.39 is 0 Å². The van der Waals surface area contributed by atoms with E-state index in [9.17, 15) is 4.39 Å². The highest BCUT2D eigenvalue weighted by Gasteiger charge is 2.20. The number of hydrogen-bond acceptors (Lipinski definition) is 3. The zero-order chi connectivity index (χ0) is 12.8. The van der Waals surface area contributed by atoms with Crippen LogP contribution < -0.4 is 5.32 Å². The first-order valence-electron chi connectivity index (χ1n) is 6.83. The van der Waals surface area contributed by atoms with Gasteiger partial charge in [0.05, 0.1) is 6.20 Å². The summed E-state index contributed by atoms with van der Waals surface area (Å²) in [5, 5.41) is 3.44. The third kappa shape index (κ3) is 3.75. The van der Waals surface area contributed by atoms with Crippen LogP contribution in [0.1, 0.15) is 31.7 Å². The highest BCUT2D eigenvalue weighted by atomic mass is 19.1. The maximum atomic E-state index is 13.2. The molecule has 100 valence electrons. The van der Waals surface area contributed by atoms with Gasteiger partial charge in [-0.2, -0.15) is 0 Å². The van der Waals surface area contributed by atoms with E-state index in [1.165, 1.54) is 19.0 Å². The molecule has 1 aromatic rings. The maximum absolute atomic E-state index is 13.2. The molecule has 0 aromatic carbocycles. The van der Waals surface area contributed by atoms with Crippen molar-refractivity contribution in [3.63, 3.8) is 0 Å². The van der Waals surface area contributed by atoms with E-state index in [1.54, 1.807) is 12.3 Å². The molecule has 1 aliphatic rings. The van der Waals surface area contributed by atoms with Gasteiger partial charge in [-0.05, 0) is 44.0 Å². The number of aromatic nitrogens is 1. The van der Waals surface area contributed by atoms with Gasteiger partial charge < -0.3 is 5.32 Å². The molecule has 0 spiro atoms. The molecule has 2 rings (SSSR count). The Labute approximate surface area is 108 Å². The van der Waals surface area contributed by atoms with Crippen molar-refractivity contribution in [1.29, 1.82) is 0 Å². The number of nitrogens with one attached hydrogen (secondary N) is 1. The van der Waals surface area contributed by atoms with Crippen molar-refractivity contribution in [1.82, 2.24) is 15.2 Å². The van der Waals surface area contributed by atoms with Gasteiger partial charge >= 0.3 is 0 Å². The van der Waals surface area contributed by atoms with Crippen molar-refractivity contribution in [2.45, 2.75) is 38.8 Å². The van der Waals surface area contributed by atoms with E-state index in [0.717, 1.165) is 38.2 Å². The number of halogens is 1. The van der Waals surface area contributed by atoms with Crippen LogP contribution in [0.2, 0.25) is 0 Å². The molecule has 0 bridgehead atoms. The second-order valence-corrected chi connectivity index (χ2v) is 4.98. The summed E-state index contributed by atoms with van der Waals surface area (Å²) in [4.78, 5) is 6.37. The molecule has 0 radical (unpaired) electrons. The standard InChI is InChI=1S/C14H22FN3/c1-2-6-18(14-4-3-5-16-10-14)11-12-7-13(15)9-17-8-12/h7-9,14,16H,2-6,10-11H2,1H3. The summed E-state index contributed by atoms with van der Waals surface area (Å²) in [6, 6.07) is 2.16. The van der Waals surface area contributed by atoms with Crippen LogP contribution >= 0.6 is 0 Å². The van der Waals surface area contributed by atoms with Gasteiger partial charge in [-0.15, -0.1) is 0 Å². The molecule has 1 aromatic heterocycles. The van der Waals surface area contributed by atoms with E-state index in [1.807, 2.05) is 0 Å². The molecule has 0 saturated carbocycles. The summed E-state index contributed by atoms with van der Waals surface area (Å²) in [7, 11) is 0. The summed E-state index contributed by atoms with van der Waals surface area (Å²) in [5.41, 5.74) is 0.967. The number of pyridine rings is 1. The Hall–Kier alpha value is -1.00. The van der Waals surface area contributed by atoms with Crippen LogP contribution in [0, 0.1) is 5.82 Å². The minimum Gasteiger partial charge on any atom is -0.315 e. The van der Waals surface area contributed by atoms with Crippen molar-refractivity contribution >= 4 is 0 Å².